The van der Waals surface area contributed by atoms with Crippen molar-refractivity contribution in [2.45, 2.75) is 26.2 Å². The van der Waals surface area contributed by atoms with E-state index < -0.39 is 0 Å². The Morgan fingerprint density at radius 3 is 2.91 bits per heavy atom. The molecule has 0 radical (unpaired) electrons. The summed E-state index contributed by atoms with van der Waals surface area (Å²) >= 11 is 2.30. The molecule has 0 saturated heterocycles. The average Bonchev–Trinajstić information content (AvgIpc) is 2.34. The van der Waals surface area contributed by atoms with Gasteiger partial charge in [-0.25, -0.2) is 9.97 Å². The Morgan fingerprint density at radius 2 is 2.09 bits per heavy atom. The Kier molecular flexibility index (Phi) is 1.83. The molecule has 0 N–H and O–H groups in total. The van der Waals surface area contributed by atoms with Crippen LogP contribution in [0.1, 0.15) is 23.5 Å². The van der Waals surface area contributed by atoms with Crippen LogP contribution < -0.4 is 0 Å². The van der Waals surface area contributed by atoms with E-state index in [4.69, 9.17) is 0 Å². The maximum Gasteiger partial charge on any atom is 0.126 e. The summed E-state index contributed by atoms with van der Waals surface area (Å²) in [5.74, 6) is 0.912. The molecule has 1 aromatic rings. The predicted molar refractivity (Wildman–Crippen MR) is 51.5 cm³/mol. The van der Waals surface area contributed by atoms with Crippen molar-refractivity contribution in [3.63, 3.8) is 0 Å². The highest BCUT2D eigenvalue weighted by atomic mass is 127. The van der Waals surface area contributed by atoms with E-state index in [1.165, 1.54) is 24.1 Å². The second-order valence-corrected chi connectivity index (χ2v) is 3.86. The molecule has 0 fully saturated rings. The molecule has 0 atom stereocenters. The number of hydrogen-bond acceptors (Lipinski definition) is 2. The summed E-state index contributed by atoms with van der Waals surface area (Å²) in [6, 6.07) is 0. The molecule has 11 heavy (non-hydrogen) atoms. The SMILES string of the molecule is Cc1nc(I)c2c(n1)CCC2. The van der Waals surface area contributed by atoms with E-state index in [1.54, 1.807) is 0 Å². The smallest absolute Gasteiger partial charge is 0.126 e. The van der Waals surface area contributed by atoms with Crippen molar-refractivity contribution in [1.29, 1.82) is 0 Å². The third kappa shape index (κ3) is 1.26. The van der Waals surface area contributed by atoms with Gasteiger partial charge in [-0.3, -0.25) is 0 Å². The molecule has 2 nitrogen and oxygen atoms in total. The van der Waals surface area contributed by atoms with Gasteiger partial charge in [0.15, 0.2) is 0 Å². The predicted octanol–water partition coefficient (Wildman–Crippen LogP) is 1.88. The first-order valence-corrected chi connectivity index (χ1v) is 4.87. The largest absolute Gasteiger partial charge is 0.238 e. The molecular weight excluding hydrogens is 251 g/mol. The van der Waals surface area contributed by atoms with Crippen LogP contribution in [0.25, 0.3) is 0 Å². The molecule has 0 aliphatic heterocycles. The van der Waals surface area contributed by atoms with Gasteiger partial charge in [-0.05, 0) is 48.8 Å². The topological polar surface area (TPSA) is 25.8 Å². The molecule has 2 rings (SSSR count). The van der Waals surface area contributed by atoms with Crippen LogP contribution in [0.4, 0.5) is 0 Å². The quantitative estimate of drug-likeness (QED) is 0.525. The number of fused-ring (bicyclic) bond motifs is 1. The third-order valence-electron chi connectivity index (χ3n) is 1.99. The van der Waals surface area contributed by atoms with E-state index in [1.807, 2.05) is 6.92 Å². The summed E-state index contributed by atoms with van der Waals surface area (Å²) in [4.78, 5) is 8.72. The Bertz CT molecular complexity index is 296. The van der Waals surface area contributed by atoms with Crippen molar-refractivity contribution < 1.29 is 0 Å². The second-order valence-electron chi connectivity index (χ2n) is 2.84. The van der Waals surface area contributed by atoms with Crippen LogP contribution in [0.15, 0.2) is 0 Å². The Balaban J connectivity index is 2.60. The van der Waals surface area contributed by atoms with Crippen molar-refractivity contribution in [2.24, 2.45) is 0 Å². The van der Waals surface area contributed by atoms with Gasteiger partial charge in [0.1, 0.15) is 9.53 Å². The van der Waals surface area contributed by atoms with Gasteiger partial charge < -0.3 is 0 Å². The van der Waals surface area contributed by atoms with Crippen molar-refractivity contribution in [3.05, 3.63) is 20.8 Å². The molecule has 0 spiro atoms. The van der Waals surface area contributed by atoms with E-state index in [9.17, 15) is 0 Å². The molecule has 1 aromatic heterocycles. The molecule has 0 bridgehead atoms. The number of hydrogen-bond donors (Lipinski definition) is 0. The van der Waals surface area contributed by atoms with Crippen LogP contribution in [-0.2, 0) is 12.8 Å². The van der Waals surface area contributed by atoms with Crippen molar-refractivity contribution in [2.75, 3.05) is 0 Å². The van der Waals surface area contributed by atoms with E-state index in [0.717, 1.165) is 15.9 Å². The summed E-state index contributed by atoms with van der Waals surface area (Å²) in [5, 5.41) is 0. The van der Waals surface area contributed by atoms with E-state index in [-0.39, 0.29) is 0 Å². The van der Waals surface area contributed by atoms with Crippen LogP contribution in [-0.4, -0.2) is 9.97 Å². The van der Waals surface area contributed by atoms with Gasteiger partial charge in [0.05, 0.1) is 0 Å². The molecule has 0 aromatic carbocycles. The first kappa shape index (κ1) is 7.46. The average molecular weight is 260 g/mol. The zero-order valence-electron chi connectivity index (χ0n) is 6.39. The maximum absolute atomic E-state index is 4.40. The lowest BCUT2D eigenvalue weighted by Crippen LogP contribution is -1.98. The normalized spacial score (nSPS) is 15.1. The van der Waals surface area contributed by atoms with Crippen LogP contribution in [0.2, 0.25) is 0 Å². The Morgan fingerprint density at radius 1 is 1.27 bits per heavy atom. The fourth-order valence-electron chi connectivity index (χ4n) is 1.50. The summed E-state index contributed by atoms with van der Waals surface area (Å²) < 4.78 is 1.16. The van der Waals surface area contributed by atoms with Crippen molar-refractivity contribution in [3.8, 4) is 0 Å². The number of aryl methyl sites for hydroxylation is 2. The summed E-state index contributed by atoms with van der Waals surface area (Å²) in [6.07, 6.45) is 3.58. The standard InChI is InChI=1S/C8H9IN2/c1-5-10-7-4-2-3-6(7)8(9)11-5/h2-4H2,1H3. The zero-order chi connectivity index (χ0) is 7.84. The molecule has 1 aliphatic rings. The molecule has 58 valence electrons. The van der Waals surface area contributed by atoms with Gasteiger partial charge in [-0.2, -0.15) is 0 Å². The lowest BCUT2D eigenvalue weighted by Gasteiger charge is -2.00. The minimum absolute atomic E-state index is 0.912. The summed E-state index contributed by atoms with van der Waals surface area (Å²) in [6.45, 7) is 1.96. The Labute approximate surface area is 79.6 Å². The lowest BCUT2D eigenvalue weighted by atomic mass is 10.3. The third-order valence-corrected chi connectivity index (χ3v) is 2.89. The fourth-order valence-corrected chi connectivity index (χ4v) is 2.43. The first-order chi connectivity index (χ1) is 5.27. The van der Waals surface area contributed by atoms with Crippen LogP contribution in [0.5, 0.6) is 0 Å². The maximum atomic E-state index is 4.40. The monoisotopic (exact) mass is 260 g/mol. The fraction of sp³-hybridized carbons (Fsp3) is 0.500. The molecule has 0 amide bonds. The number of nitrogens with zero attached hydrogens (tertiary/aromatic N) is 2. The van der Waals surface area contributed by atoms with Crippen molar-refractivity contribution >= 4 is 22.6 Å². The summed E-state index contributed by atoms with van der Waals surface area (Å²) in [7, 11) is 0. The van der Waals surface area contributed by atoms with Crippen LogP contribution in [0.3, 0.4) is 0 Å². The minimum atomic E-state index is 0.912. The lowest BCUT2D eigenvalue weighted by molar-refractivity contribution is 0.895. The number of rotatable bonds is 0. The molecule has 0 saturated carbocycles. The van der Waals surface area contributed by atoms with Gasteiger partial charge in [-0.1, -0.05) is 0 Å². The number of halogens is 1. The molecular formula is C8H9IN2. The van der Waals surface area contributed by atoms with Gasteiger partial charge in [0, 0.05) is 11.3 Å². The van der Waals surface area contributed by atoms with Gasteiger partial charge >= 0.3 is 0 Å². The van der Waals surface area contributed by atoms with Crippen molar-refractivity contribution in [1.82, 2.24) is 9.97 Å². The van der Waals surface area contributed by atoms with E-state index in [0.29, 0.717) is 0 Å². The van der Waals surface area contributed by atoms with Crippen LogP contribution in [0, 0.1) is 10.6 Å². The highest BCUT2D eigenvalue weighted by molar-refractivity contribution is 14.1. The van der Waals surface area contributed by atoms with Gasteiger partial charge in [0.2, 0.25) is 0 Å². The molecule has 3 heteroatoms. The van der Waals surface area contributed by atoms with E-state index >= 15 is 0 Å². The number of aromatic nitrogens is 2. The van der Waals surface area contributed by atoms with Crippen LogP contribution >= 0.6 is 22.6 Å². The molecule has 1 aliphatic carbocycles. The minimum Gasteiger partial charge on any atom is -0.238 e. The first-order valence-electron chi connectivity index (χ1n) is 3.79. The molecule has 1 heterocycles. The second kappa shape index (κ2) is 2.69. The summed E-state index contributed by atoms with van der Waals surface area (Å²) in [5.41, 5.74) is 2.66. The van der Waals surface area contributed by atoms with Gasteiger partial charge in [0.25, 0.3) is 0 Å². The highest BCUT2D eigenvalue weighted by Crippen LogP contribution is 2.23. The van der Waals surface area contributed by atoms with Gasteiger partial charge in [-0.15, -0.1) is 0 Å². The molecule has 0 unspecified atom stereocenters. The van der Waals surface area contributed by atoms with E-state index in [2.05, 4.69) is 32.6 Å². The Hall–Kier alpha value is -0.190. The zero-order valence-corrected chi connectivity index (χ0v) is 8.55. The highest BCUT2D eigenvalue weighted by Gasteiger charge is 2.16.